The second-order valence-corrected chi connectivity index (χ2v) is 1.52. The van der Waals surface area contributed by atoms with Crippen LogP contribution in [-0.4, -0.2) is 21.2 Å². The summed E-state index contributed by atoms with van der Waals surface area (Å²) in [6.07, 6.45) is 1.60. The molecule has 0 aliphatic heterocycles. The van der Waals surface area contributed by atoms with Gasteiger partial charge in [-0.2, -0.15) is 0 Å². The Hall–Kier alpha value is -1.65. The highest BCUT2D eigenvalue weighted by molar-refractivity contribution is 5.81. The van der Waals surface area contributed by atoms with E-state index in [1.807, 2.05) is 0 Å². The molecule has 0 saturated carbocycles. The fourth-order valence-electron chi connectivity index (χ4n) is 0.474. The molecule has 5 nitrogen and oxygen atoms in total. The molecule has 1 rings (SSSR count). The third-order valence-electron chi connectivity index (χ3n) is 0.817. The van der Waals surface area contributed by atoms with Crippen LogP contribution in [0.5, 0.6) is 0 Å². The van der Waals surface area contributed by atoms with Gasteiger partial charge in [-0.3, -0.25) is 5.32 Å². The first-order valence-electron chi connectivity index (χ1n) is 2.55. The average Bonchev–Trinajstić information content (AvgIpc) is 1.88. The van der Waals surface area contributed by atoms with Gasteiger partial charge in [-0.1, -0.05) is 0 Å². The molecule has 1 aromatic heterocycles. The van der Waals surface area contributed by atoms with Gasteiger partial charge in [0.05, 0.1) is 0 Å². The standard InChI is InChI=1S/C5H5N3O2/c9-5(10)8-4-1-2-6-3-7-4/h1-3H,(H,9,10)(H,6,7,8). The van der Waals surface area contributed by atoms with Crippen molar-refractivity contribution >= 4 is 11.9 Å². The first-order valence-corrected chi connectivity index (χ1v) is 2.55. The van der Waals surface area contributed by atoms with Crippen LogP contribution in [0.3, 0.4) is 0 Å². The van der Waals surface area contributed by atoms with Gasteiger partial charge in [0.1, 0.15) is 12.1 Å². The minimum atomic E-state index is -1.13. The molecule has 0 aliphatic carbocycles. The summed E-state index contributed by atoms with van der Waals surface area (Å²) < 4.78 is 0. The summed E-state index contributed by atoms with van der Waals surface area (Å²) in [4.78, 5) is 17.2. The number of carboxylic acid groups (broad SMARTS) is 1. The lowest BCUT2D eigenvalue weighted by atomic mass is 10.6. The Bertz CT molecular complexity index is 224. The van der Waals surface area contributed by atoms with E-state index in [4.69, 9.17) is 5.11 Å². The van der Waals surface area contributed by atoms with Gasteiger partial charge in [0.25, 0.3) is 0 Å². The number of rotatable bonds is 1. The van der Waals surface area contributed by atoms with Crippen LogP contribution in [-0.2, 0) is 0 Å². The van der Waals surface area contributed by atoms with E-state index in [-0.39, 0.29) is 5.82 Å². The molecular weight excluding hydrogens is 134 g/mol. The quantitative estimate of drug-likeness (QED) is 0.596. The van der Waals surface area contributed by atoms with Crippen LogP contribution in [0.2, 0.25) is 0 Å². The van der Waals surface area contributed by atoms with E-state index >= 15 is 0 Å². The van der Waals surface area contributed by atoms with Crippen LogP contribution in [0.15, 0.2) is 18.6 Å². The molecule has 0 aliphatic rings. The third kappa shape index (κ3) is 1.70. The second kappa shape index (κ2) is 2.77. The molecule has 5 heteroatoms. The molecule has 0 radical (unpaired) electrons. The molecule has 2 N–H and O–H groups in total. The molecule has 0 atom stereocenters. The molecule has 1 heterocycles. The van der Waals surface area contributed by atoms with Gasteiger partial charge < -0.3 is 5.11 Å². The van der Waals surface area contributed by atoms with E-state index in [1.165, 1.54) is 18.6 Å². The van der Waals surface area contributed by atoms with E-state index in [0.29, 0.717) is 0 Å². The van der Waals surface area contributed by atoms with Crippen LogP contribution in [0.25, 0.3) is 0 Å². The van der Waals surface area contributed by atoms with Crippen LogP contribution in [0, 0.1) is 0 Å². The number of hydrogen-bond acceptors (Lipinski definition) is 3. The summed E-state index contributed by atoms with van der Waals surface area (Å²) in [5, 5.41) is 10.3. The Kier molecular flexibility index (Phi) is 1.79. The summed E-state index contributed by atoms with van der Waals surface area (Å²) in [5.41, 5.74) is 0. The van der Waals surface area contributed by atoms with E-state index in [9.17, 15) is 4.79 Å². The maximum absolute atomic E-state index is 10.00. The van der Waals surface area contributed by atoms with Crippen molar-refractivity contribution in [2.75, 3.05) is 5.32 Å². The van der Waals surface area contributed by atoms with E-state index < -0.39 is 6.09 Å². The summed E-state index contributed by atoms with van der Waals surface area (Å²) in [5.74, 6) is 0.280. The molecule has 0 unspecified atom stereocenters. The number of amides is 1. The van der Waals surface area contributed by atoms with E-state index in [0.717, 1.165) is 0 Å². The molecule has 1 aromatic rings. The number of anilines is 1. The largest absolute Gasteiger partial charge is 0.465 e. The van der Waals surface area contributed by atoms with Crippen molar-refractivity contribution in [1.82, 2.24) is 9.97 Å². The number of nitrogens with one attached hydrogen (secondary N) is 1. The van der Waals surface area contributed by atoms with Crippen molar-refractivity contribution in [3.8, 4) is 0 Å². The summed E-state index contributed by atoms with van der Waals surface area (Å²) in [6.45, 7) is 0. The maximum Gasteiger partial charge on any atom is 0.410 e. The van der Waals surface area contributed by atoms with Crippen molar-refractivity contribution < 1.29 is 9.90 Å². The molecule has 0 bridgehead atoms. The highest BCUT2D eigenvalue weighted by atomic mass is 16.4. The lowest BCUT2D eigenvalue weighted by Gasteiger charge is -1.94. The Morgan fingerprint density at radius 3 is 3.00 bits per heavy atom. The third-order valence-corrected chi connectivity index (χ3v) is 0.817. The fourth-order valence-corrected chi connectivity index (χ4v) is 0.474. The smallest absolute Gasteiger partial charge is 0.410 e. The van der Waals surface area contributed by atoms with Crippen LogP contribution >= 0.6 is 0 Å². The van der Waals surface area contributed by atoms with Gasteiger partial charge in [0, 0.05) is 6.20 Å². The zero-order valence-corrected chi connectivity index (χ0v) is 4.98. The Labute approximate surface area is 56.7 Å². The zero-order chi connectivity index (χ0) is 7.40. The minimum Gasteiger partial charge on any atom is -0.465 e. The first-order chi connectivity index (χ1) is 4.79. The van der Waals surface area contributed by atoms with Gasteiger partial charge in [-0.15, -0.1) is 0 Å². The van der Waals surface area contributed by atoms with Crippen LogP contribution in [0.1, 0.15) is 0 Å². The van der Waals surface area contributed by atoms with Crippen molar-refractivity contribution in [3.63, 3.8) is 0 Å². The summed E-state index contributed by atoms with van der Waals surface area (Å²) >= 11 is 0. The molecule has 0 aromatic carbocycles. The molecule has 52 valence electrons. The maximum atomic E-state index is 10.00. The molecule has 10 heavy (non-hydrogen) atoms. The van der Waals surface area contributed by atoms with Gasteiger partial charge in [0.2, 0.25) is 0 Å². The second-order valence-electron chi connectivity index (χ2n) is 1.52. The van der Waals surface area contributed by atoms with Crippen molar-refractivity contribution in [3.05, 3.63) is 18.6 Å². The number of nitrogens with zero attached hydrogens (tertiary/aromatic N) is 2. The zero-order valence-electron chi connectivity index (χ0n) is 4.98. The minimum absolute atomic E-state index is 0.280. The highest BCUT2D eigenvalue weighted by Crippen LogP contribution is 1.95. The normalized spacial score (nSPS) is 8.80. The van der Waals surface area contributed by atoms with E-state index in [2.05, 4.69) is 15.3 Å². The Morgan fingerprint density at radius 2 is 2.50 bits per heavy atom. The lowest BCUT2D eigenvalue weighted by molar-refractivity contribution is 0.209. The van der Waals surface area contributed by atoms with Crippen LogP contribution in [0.4, 0.5) is 10.6 Å². The van der Waals surface area contributed by atoms with Gasteiger partial charge in [-0.05, 0) is 6.07 Å². The van der Waals surface area contributed by atoms with Crippen LogP contribution < -0.4 is 5.32 Å². The molecule has 0 saturated heterocycles. The SMILES string of the molecule is O=C(O)Nc1ccncn1. The molecule has 0 fully saturated rings. The first kappa shape index (κ1) is 6.47. The monoisotopic (exact) mass is 139 g/mol. The predicted octanol–water partition coefficient (Wildman–Crippen LogP) is 0.566. The molecular formula is C5H5N3O2. The number of hydrogen-bond donors (Lipinski definition) is 2. The van der Waals surface area contributed by atoms with E-state index in [1.54, 1.807) is 0 Å². The predicted molar refractivity (Wildman–Crippen MR) is 33.7 cm³/mol. The Balaban J connectivity index is 2.67. The highest BCUT2D eigenvalue weighted by Gasteiger charge is 1.95. The average molecular weight is 139 g/mol. The molecule has 0 spiro atoms. The van der Waals surface area contributed by atoms with Crippen molar-refractivity contribution in [2.45, 2.75) is 0 Å². The topological polar surface area (TPSA) is 75.1 Å². The van der Waals surface area contributed by atoms with Gasteiger partial charge in [-0.25, -0.2) is 14.8 Å². The van der Waals surface area contributed by atoms with Gasteiger partial charge >= 0.3 is 6.09 Å². The summed E-state index contributed by atoms with van der Waals surface area (Å²) in [6, 6.07) is 1.47. The fraction of sp³-hybridized carbons (Fsp3) is 0. The van der Waals surface area contributed by atoms with Crippen molar-refractivity contribution in [1.29, 1.82) is 0 Å². The summed E-state index contributed by atoms with van der Waals surface area (Å²) in [7, 11) is 0. The number of carbonyl (C=O) groups is 1. The lowest BCUT2D eigenvalue weighted by Crippen LogP contribution is -2.08. The Morgan fingerprint density at radius 1 is 1.70 bits per heavy atom. The van der Waals surface area contributed by atoms with Crippen molar-refractivity contribution in [2.24, 2.45) is 0 Å². The molecule has 1 amide bonds. The van der Waals surface area contributed by atoms with Gasteiger partial charge in [0.15, 0.2) is 0 Å². The number of aromatic nitrogens is 2.